The highest BCUT2D eigenvalue weighted by molar-refractivity contribution is 5.78. The number of nitrogens with one attached hydrogen (secondary N) is 2. The van der Waals surface area contributed by atoms with Crippen molar-refractivity contribution in [1.29, 1.82) is 0 Å². The SMILES string of the molecule is CC(C)NC(=O)CNC1CCCN(C(C)C)CC1. The molecule has 1 rings (SSSR count). The van der Waals surface area contributed by atoms with Crippen LogP contribution in [0.1, 0.15) is 47.0 Å². The first-order valence-corrected chi connectivity index (χ1v) is 7.26. The molecule has 4 heteroatoms. The number of hydrogen-bond acceptors (Lipinski definition) is 3. The quantitative estimate of drug-likeness (QED) is 0.780. The highest BCUT2D eigenvalue weighted by Crippen LogP contribution is 2.13. The van der Waals surface area contributed by atoms with Crippen LogP contribution in [0.5, 0.6) is 0 Å². The van der Waals surface area contributed by atoms with Gasteiger partial charge in [-0.15, -0.1) is 0 Å². The van der Waals surface area contributed by atoms with E-state index in [2.05, 4.69) is 29.4 Å². The molecule has 18 heavy (non-hydrogen) atoms. The Hall–Kier alpha value is -0.610. The standard InChI is InChI=1S/C14H29N3O/c1-11(2)16-14(18)10-15-13-6-5-8-17(9-7-13)12(3)4/h11-13,15H,5-10H2,1-4H3,(H,16,18). The lowest BCUT2D eigenvalue weighted by atomic mass is 10.1. The number of amides is 1. The Morgan fingerprint density at radius 1 is 1.22 bits per heavy atom. The number of carbonyl (C=O) groups is 1. The van der Waals surface area contributed by atoms with Gasteiger partial charge >= 0.3 is 0 Å². The third kappa shape index (κ3) is 5.83. The summed E-state index contributed by atoms with van der Waals surface area (Å²) >= 11 is 0. The second-order valence-electron chi connectivity index (χ2n) is 5.86. The van der Waals surface area contributed by atoms with Crippen LogP contribution in [0.3, 0.4) is 0 Å². The first-order valence-electron chi connectivity index (χ1n) is 7.26. The van der Waals surface area contributed by atoms with E-state index in [1.807, 2.05) is 13.8 Å². The van der Waals surface area contributed by atoms with Gasteiger partial charge in [-0.05, 0) is 60.0 Å². The number of carbonyl (C=O) groups excluding carboxylic acids is 1. The molecule has 1 unspecified atom stereocenters. The Labute approximate surface area is 111 Å². The molecule has 1 amide bonds. The summed E-state index contributed by atoms with van der Waals surface area (Å²) in [6.07, 6.45) is 3.55. The van der Waals surface area contributed by atoms with E-state index in [1.165, 1.54) is 19.4 Å². The Kier molecular flexibility index (Phi) is 6.65. The van der Waals surface area contributed by atoms with Crippen LogP contribution in [0.2, 0.25) is 0 Å². The zero-order chi connectivity index (χ0) is 13.5. The van der Waals surface area contributed by atoms with E-state index in [1.54, 1.807) is 0 Å². The van der Waals surface area contributed by atoms with Gasteiger partial charge in [0.15, 0.2) is 0 Å². The normalized spacial score (nSPS) is 22.2. The molecule has 0 aromatic carbocycles. The Bertz CT molecular complexity index is 253. The topological polar surface area (TPSA) is 44.4 Å². The van der Waals surface area contributed by atoms with Crippen molar-refractivity contribution in [2.75, 3.05) is 19.6 Å². The van der Waals surface area contributed by atoms with E-state index >= 15 is 0 Å². The van der Waals surface area contributed by atoms with Gasteiger partial charge in [0.1, 0.15) is 0 Å². The minimum Gasteiger partial charge on any atom is -0.353 e. The molecule has 106 valence electrons. The maximum Gasteiger partial charge on any atom is 0.234 e. The van der Waals surface area contributed by atoms with Crippen molar-refractivity contribution in [3.8, 4) is 0 Å². The fraction of sp³-hybridized carbons (Fsp3) is 0.929. The minimum atomic E-state index is 0.106. The summed E-state index contributed by atoms with van der Waals surface area (Å²) in [5.74, 6) is 0.106. The largest absolute Gasteiger partial charge is 0.353 e. The van der Waals surface area contributed by atoms with Crippen LogP contribution in [-0.2, 0) is 4.79 Å². The van der Waals surface area contributed by atoms with Gasteiger partial charge in [-0.3, -0.25) is 4.79 Å². The van der Waals surface area contributed by atoms with Gasteiger partial charge in [0.05, 0.1) is 6.54 Å². The van der Waals surface area contributed by atoms with Crippen molar-refractivity contribution in [3.05, 3.63) is 0 Å². The molecule has 1 atom stereocenters. The highest BCUT2D eigenvalue weighted by atomic mass is 16.1. The first kappa shape index (κ1) is 15.4. The molecule has 0 radical (unpaired) electrons. The van der Waals surface area contributed by atoms with E-state index in [9.17, 15) is 4.79 Å². The summed E-state index contributed by atoms with van der Waals surface area (Å²) in [6.45, 7) is 11.3. The molecule has 0 aliphatic carbocycles. The number of nitrogens with zero attached hydrogens (tertiary/aromatic N) is 1. The molecule has 1 aliphatic heterocycles. The minimum absolute atomic E-state index is 0.106. The predicted molar refractivity (Wildman–Crippen MR) is 75.6 cm³/mol. The average molecular weight is 255 g/mol. The van der Waals surface area contributed by atoms with Crippen molar-refractivity contribution in [2.24, 2.45) is 0 Å². The first-order chi connectivity index (χ1) is 8.49. The van der Waals surface area contributed by atoms with Crippen LogP contribution in [0.4, 0.5) is 0 Å². The van der Waals surface area contributed by atoms with E-state index in [-0.39, 0.29) is 11.9 Å². The molecule has 0 spiro atoms. The average Bonchev–Trinajstić information content (AvgIpc) is 2.50. The molecule has 0 aromatic rings. The van der Waals surface area contributed by atoms with E-state index in [4.69, 9.17) is 0 Å². The second-order valence-corrected chi connectivity index (χ2v) is 5.86. The number of hydrogen-bond donors (Lipinski definition) is 2. The van der Waals surface area contributed by atoms with Crippen LogP contribution < -0.4 is 10.6 Å². The Morgan fingerprint density at radius 3 is 2.56 bits per heavy atom. The summed E-state index contributed by atoms with van der Waals surface area (Å²) in [5.41, 5.74) is 0. The third-order valence-corrected chi connectivity index (χ3v) is 3.49. The molecule has 0 bridgehead atoms. The van der Waals surface area contributed by atoms with Crippen LogP contribution in [0.25, 0.3) is 0 Å². The van der Waals surface area contributed by atoms with Crippen LogP contribution >= 0.6 is 0 Å². The summed E-state index contributed by atoms with van der Waals surface area (Å²) < 4.78 is 0. The number of likely N-dealkylation sites (tertiary alicyclic amines) is 1. The van der Waals surface area contributed by atoms with Crippen molar-refractivity contribution in [2.45, 2.75) is 65.1 Å². The van der Waals surface area contributed by atoms with Crippen molar-refractivity contribution in [1.82, 2.24) is 15.5 Å². The maximum absolute atomic E-state index is 11.6. The van der Waals surface area contributed by atoms with Crippen LogP contribution in [-0.4, -0.2) is 48.6 Å². The van der Waals surface area contributed by atoms with Crippen molar-refractivity contribution in [3.63, 3.8) is 0 Å². The van der Waals surface area contributed by atoms with Gasteiger partial charge in [-0.25, -0.2) is 0 Å². The molecule has 1 heterocycles. The van der Waals surface area contributed by atoms with E-state index < -0.39 is 0 Å². The zero-order valence-electron chi connectivity index (χ0n) is 12.3. The molecule has 1 saturated heterocycles. The second kappa shape index (κ2) is 7.74. The fourth-order valence-corrected chi connectivity index (χ4v) is 2.45. The van der Waals surface area contributed by atoms with Gasteiger partial charge in [-0.1, -0.05) is 0 Å². The molecular weight excluding hydrogens is 226 g/mol. The monoisotopic (exact) mass is 255 g/mol. The van der Waals surface area contributed by atoms with Gasteiger partial charge in [0.2, 0.25) is 5.91 Å². The summed E-state index contributed by atoms with van der Waals surface area (Å²) in [4.78, 5) is 14.1. The smallest absolute Gasteiger partial charge is 0.234 e. The molecule has 0 aromatic heterocycles. The van der Waals surface area contributed by atoms with Crippen molar-refractivity contribution < 1.29 is 4.79 Å². The fourth-order valence-electron chi connectivity index (χ4n) is 2.45. The molecule has 2 N–H and O–H groups in total. The lowest BCUT2D eigenvalue weighted by Crippen LogP contribution is -2.42. The Morgan fingerprint density at radius 2 is 1.94 bits per heavy atom. The van der Waals surface area contributed by atoms with Gasteiger partial charge in [0, 0.05) is 18.1 Å². The molecule has 1 aliphatic rings. The van der Waals surface area contributed by atoms with Crippen molar-refractivity contribution >= 4 is 5.91 Å². The highest BCUT2D eigenvalue weighted by Gasteiger charge is 2.18. The molecule has 1 fully saturated rings. The van der Waals surface area contributed by atoms with Gasteiger partial charge < -0.3 is 15.5 Å². The predicted octanol–water partition coefficient (Wildman–Crippen LogP) is 1.36. The maximum atomic E-state index is 11.6. The van der Waals surface area contributed by atoms with Crippen LogP contribution in [0, 0.1) is 0 Å². The molecule has 0 saturated carbocycles. The van der Waals surface area contributed by atoms with Crippen LogP contribution in [0.15, 0.2) is 0 Å². The summed E-state index contributed by atoms with van der Waals surface area (Å²) in [6, 6.07) is 1.35. The Balaban J connectivity index is 2.25. The number of rotatable bonds is 5. The molecular formula is C14H29N3O. The lowest BCUT2D eigenvalue weighted by Gasteiger charge is -2.24. The van der Waals surface area contributed by atoms with E-state index in [0.717, 1.165) is 13.0 Å². The molecule has 4 nitrogen and oxygen atoms in total. The van der Waals surface area contributed by atoms with Gasteiger partial charge in [-0.2, -0.15) is 0 Å². The van der Waals surface area contributed by atoms with Gasteiger partial charge in [0.25, 0.3) is 0 Å². The summed E-state index contributed by atoms with van der Waals surface area (Å²) in [7, 11) is 0. The summed E-state index contributed by atoms with van der Waals surface area (Å²) in [5, 5.41) is 6.30. The third-order valence-electron chi connectivity index (χ3n) is 3.49. The van der Waals surface area contributed by atoms with E-state index in [0.29, 0.717) is 18.6 Å². The lowest BCUT2D eigenvalue weighted by molar-refractivity contribution is -0.120. The zero-order valence-corrected chi connectivity index (χ0v) is 12.3.